The first-order valence-electron chi connectivity index (χ1n) is 7.36. The average Bonchev–Trinajstić information content (AvgIpc) is 2.37. The molecule has 1 N–H and O–H groups in total. The molecule has 0 saturated heterocycles. The van der Waals surface area contributed by atoms with Crippen molar-refractivity contribution >= 4 is 5.97 Å². The summed E-state index contributed by atoms with van der Waals surface area (Å²) < 4.78 is 5.35. The fourth-order valence-corrected chi connectivity index (χ4v) is 1.87. The standard InChI is InChI=1S/C17H27NO2/c1-14(16(19)20-17(2,3)4)13-18-12-8-11-15-9-6-5-7-10-15/h5-7,9-10,14,18H,8,11-13H2,1-4H3. The average molecular weight is 277 g/mol. The van der Waals surface area contributed by atoms with Crippen LogP contribution in [0.2, 0.25) is 0 Å². The first kappa shape index (κ1) is 16.7. The molecule has 1 rings (SSSR count). The van der Waals surface area contributed by atoms with Crippen molar-refractivity contribution in [3.05, 3.63) is 35.9 Å². The lowest BCUT2D eigenvalue weighted by Crippen LogP contribution is -2.33. The highest BCUT2D eigenvalue weighted by Gasteiger charge is 2.21. The van der Waals surface area contributed by atoms with Gasteiger partial charge < -0.3 is 10.1 Å². The van der Waals surface area contributed by atoms with Gasteiger partial charge in [0, 0.05) is 6.54 Å². The van der Waals surface area contributed by atoms with Crippen LogP contribution in [0.15, 0.2) is 30.3 Å². The van der Waals surface area contributed by atoms with Gasteiger partial charge in [-0.05, 0) is 45.7 Å². The Bertz CT molecular complexity index is 395. The van der Waals surface area contributed by atoms with Crippen molar-refractivity contribution in [3.63, 3.8) is 0 Å². The number of hydrogen-bond donors (Lipinski definition) is 1. The fourth-order valence-electron chi connectivity index (χ4n) is 1.87. The topological polar surface area (TPSA) is 38.3 Å². The second-order valence-electron chi connectivity index (χ2n) is 6.23. The molecule has 1 aromatic carbocycles. The zero-order valence-electron chi connectivity index (χ0n) is 13.1. The molecule has 0 saturated carbocycles. The lowest BCUT2D eigenvalue weighted by Gasteiger charge is -2.22. The van der Waals surface area contributed by atoms with Crippen LogP contribution in [0.4, 0.5) is 0 Å². The van der Waals surface area contributed by atoms with Gasteiger partial charge in [0.25, 0.3) is 0 Å². The second kappa shape index (κ2) is 8.05. The Kier molecular flexibility index (Phi) is 6.73. The van der Waals surface area contributed by atoms with Crippen LogP contribution >= 0.6 is 0 Å². The maximum atomic E-state index is 11.8. The minimum atomic E-state index is -0.404. The molecule has 0 aliphatic carbocycles. The van der Waals surface area contributed by atoms with Crippen LogP contribution in [0.25, 0.3) is 0 Å². The largest absolute Gasteiger partial charge is 0.460 e. The van der Waals surface area contributed by atoms with Gasteiger partial charge in [0.2, 0.25) is 0 Å². The number of rotatable bonds is 7. The number of carbonyl (C=O) groups is 1. The third-order valence-electron chi connectivity index (χ3n) is 2.92. The van der Waals surface area contributed by atoms with Gasteiger partial charge in [-0.1, -0.05) is 37.3 Å². The highest BCUT2D eigenvalue weighted by molar-refractivity contribution is 5.72. The lowest BCUT2D eigenvalue weighted by atomic mass is 10.1. The van der Waals surface area contributed by atoms with Gasteiger partial charge >= 0.3 is 5.97 Å². The summed E-state index contributed by atoms with van der Waals surface area (Å²) in [6.07, 6.45) is 2.14. The second-order valence-corrected chi connectivity index (χ2v) is 6.23. The number of aryl methyl sites for hydroxylation is 1. The Balaban J connectivity index is 2.13. The normalized spacial score (nSPS) is 13.0. The van der Waals surface area contributed by atoms with Crippen LogP contribution < -0.4 is 5.32 Å². The third kappa shape index (κ3) is 7.29. The highest BCUT2D eigenvalue weighted by atomic mass is 16.6. The molecule has 0 aromatic heterocycles. The quantitative estimate of drug-likeness (QED) is 0.614. The summed E-state index contributed by atoms with van der Waals surface area (Å²) in [5.41, 5.74) is 0.952. The smallest absolute Gasteiger partial charge is 0.310 e. The van der Waals surface area contributed by atoms with Gasteiger partial charge in [-0.3, -0.25) is 4.79 Å². The summed E-state index contributed by atoms with van der Waals surface area (Å²) >= 11 is 0. The van der Waals surface area contributed by atoms with Crippen LogP contribution in [0.3, 0.4) is 0 Å². The number of benzene rings is 1. The van der Waals surface area contributed by atoms with E-state index >= 15 is 0 Å². The first-order chi connectivity index (χ1) is 9.38. The predicted octanol–water partition coefficient (Wildman–Crippen LogP) is 3.19. The van der Waals surface area contributed by atoms with Crippen molar-refractivity contribution in [1.82, 2.24) is 5.32 Å². The molecular formula is C17H27NO2. The maximum Gasteiger partial charge on any atom is 0.310 e. The number of nitrogens with one attached hydrogen (secondary N) is 1. The minimum absolute atomic E-state index is 0.106. The van der Waals surface area contributed by atoms with E-state index in [-0.39, 0.29) is 11.9 Å². The van der Waals surface area contributed by atoms with Crippen molar-refractivity contribution in [3.8, 4) is 0 Å². The van der Waals surface area contributed by atoms with E-state index in [2.05, 4.69) is 29.6 Å². The number of ether oxygens (including phenoxy) is 1. The van der Waals surface area contributed by atoms with Gasteiger partial charge in [-0.2, -0.15) is 0 Å². The van der Waals surface area contributed by atoms with E-state index in [1.807, 2.05) is 33.8 Å². The van der Waals surface area contributed by atoms with Crippen molar-refractivity contribution < 1.29 is 9.53 Å². The monoisotopic (exact) mass is 277 g/mol. The minimum Gasteiger partial charge on any atom is -0.460 e. The Hall–Kier alpha value is -1.35. The number of carbonyl (C=O) groups excluding carboxylic acids is 1. The molecule has 3 nitrogen and oxygen atoms in total. The van der Waals surface area contributed by atoms with Gasteiger partial charge in [0.1, 0.15) is 5.60 Å². The van der Waals surface area contributed by atoms with E-state index < -0.39 is 5.60 Å². The van der Waals surface area contributed by atoms with Gasteiger partial charge in [0.15, 0.2) is 0 Å². The van der Waals surface area contributed by atoms with E-state index in [1.165, 1.54) is 5.56 Å². The fraction of sp³-hybridized carbons (Fsp3) is 0.588. The zero-order chi connectivity index (χ0) is 15.0. The van der Waals surface area contributed by atoms with Crippen molar-refractivity contribution in [2.45, 2.75) is 46.1 Å². The Morgan fingerprint density at radius 2 is 1.90 bits per heavy atom. The van der Waals surface area contributed by atoms with Gasteiger partial charge in [-0.15, -0.1) is 0 Å². The summed E-state index contributed by atoms with van der Waals surface area (Å²) in [4.78, 5) is 11.8. The summed E-state index contributed by atoms with van der Waals surface area (Å²) in [5.74, 6) is -0.237. The van der Waals surface area contributed by atoms with Gasteiger partial charge in [-0.25, -0.2) is 0 Å². The summed E-state index contributed by atoms with van der Waals surface area (Å²) in [5, 5.41) is 3.32. The number of esters is 1. The Labute approximate surface area is 122 Å². The summed E-state index contributed by atoms with van der Waals surface area (Å²) in [7, 11) is 0. The summed E-state index contributed by atoms with van der Waals surface area (Å²) in [6.45, 7) is 9.17. The molecular weight excluding hydrogens is 250 g/mol. The molecule has 20 heavy (non-hydrogen) atoms. The van der Waals surface area contributed by atoms with Crippen LogP contribution in [0, 0.1) is 5.92 Å². The first-order valence-corrected chi connectivity index (χ1v) is 7.36. The Morgan fingerprint density at radius 3 is 2.50 bits per heavy atom. The van der Waals surface area contributed by atoms with Crippen LogP contribution in [-0.2, 0) is 16.0 Å². The van der Waals surface area contributed by atoms with E-state index in [4.69, 9.17) is 4.74 Å². The SMILES string of the molecule is CC(CNCCCc1ccccc1)C(=O)OC(C)(C)C. The van der Waals surface area contributed by atoms with E-state index in [9.17, 15) is 4.79 Å². The molecule has 0 aliphatic rings. The molecule has 0 spiro atoms. The molecule has 0 aliphatic heterocycles. The van der Waals surface area contributed by atoms with E-state index in [1.54, 1.807) is 0 Å². The van der Waals surface area contributed by atoms with Crippen LogP contribution in [0.5, 0.6) is 0 Å². The van der Waals surface area contributed by atoms with Crippen molar-refractivity contribution in [2.75, 3.05) is 13.1 Å². The van der Waals surface area contributed by atoms with Gasteiger partial charge in [0.05, 0.1) is 5.92 Å². The number of hydrogen-bond acceptors (Lipinski definition) is 3. The van der Waals surface area contributed by atoms with Crippen LogP contribution in [-0.4, -0.2) is 24.7 Å². The molecule has 1 atom stereocenters. The van der Waals surface area contributed by atoms with Crippen LogP contribution in [0.1, 0.15) is 39.7 Å². The molecule has 3 heteroatoms. The van der Waals surface area contributed by atoms with Crippen molar-refractivity contribution in [2.24, 2.45) is 5.92 Å². The zero-order valence-corrected chi connectivity index (χ0v) is 13.1. The molecule has 0 radical (unpaired) electrons. The molecule has 0 fully saturated rings. The van der Waals surface area contributed by atoms with E-state index in [0.717, 1.165) is 19.4 Å². The summed E-state index contributed by atoms with van der Waals surface area (Å²) in [6, 6.07) is 10.4. The van der Waals surface area contributed by atoms with E-state index in [0.29, 0.717) is 6.54 Å². The molecule has 0 heterocycles. The van der Waals surface area contributed by atoms with Crippen molar-refractivity contribution in [1.29, 1.82) is 0 Å². The molecule has 1 aromatic rings. The maximum absolute atomic E-state index is 11.8. The molecule has 0 bridgehead atoms. The molecule has 1 unspecified atom stereocenters. The molecule has 112 valence electrons. The lowest BCUT2D eigenvalue weighted by molar-refractivity contribution is -0.159. The Morgan fingerprint density at radius 1 is 1.25 bits per heavy atom. The predicted molar refractivity (Wildman–Crippen MR) is 82.6 cm³/mol. The molecule has 0 amide bonds. The third-order valence-corrected chi connectivity index (χ3v) is 2.92. The highest BCUT2D eigenvalue weighted by Crippen LogP contribution is 2.10.